The van der Waals surface area contributed by atoms with Crippen LogP contribution in [0.1, 0.15) is 31.9 Å². The van der Waals surface area contributed by atoms with Gasteiger partial charge in [-0.3, -0.25) is 4.79 Å². The van der Waals surface area contributed by atoms with Gasteiger partial charge in [0.05, 0.1) is 5.41 Å². The Balaban J connectivity index is 2.90. The van der Waals surface area contributed by atoms with Crippen LogP contribution in [0.15, 0.2) is 18.2 Å². The molecule has 0 atom stereocenters. The zero-order chi connectivity index (χ0) is 11.6. The van der Waals surface area contributed by atoms with Crippen LogP contribution in [0.2, 0.25) is 0 Å². The predicted molar refractivity (Wildman–Crippen MR) is 61.0 cm³/mol. The van der Waals surface area contributed by atoms with E-state index in [0.29, 0.717) is 5.75 Å². The monoisotopic (exact) mass is 206 g/mol. The van der Waals surface area contributed by atoms with Crippen LogP contribution in [0.5, 0.6) is 5.75 Å². The second-order valence-corrected chi connectivity index (χ2v) is 4.91. The van der Waals surface area contributed by atoms with Gasteiger partial charge in [0.25, 0.3) is 0 Å². The summed E-state index contributed by atoms with van der Waals surface area (Å²) in [6, 6.07) is 5.85. The molecule has 2 nitrogen and oxygen atoms in total. The molecule has 15 heavy (non-hydrogen) atoms. The second-order valence-electron chi connectivity index (χ2n) is 4.91. The van der Waals surface area contributed by atoms with E-state index in [9.17, 15) is 4.79 Å². The Morgan fingerprint density at radius 2 is 1.80 bits per heavy atom. The van der Waals surface area contributed by atoms with E-state index < -0.39 is 5.41 Å². The number of hydrogen-bond donors (Lipinski definition) is 0. The largest absolute Gasteiger partial charge is 0.426 e. The molecular formula is C13H18O2. The van der Waals surface area contributed by atoms with Crippen molar-refractivity contribution in [3.05, 3.63) is 29.3 Å². The average molecular weight is 206 g/mol. The topological polar surface area (TPSA) is 26.3 Å². The summed E-state index contributed by atoms with van der Waals surface area (Å²) in [5.41, 5.74) is 1.62. The van der Waals surface area contributed by atoms with E-state index in [2.05, 4.69) is 0 Å². The Bertz CT molecular complexity index is 373. The number of carbonyl (C=O) groups excluding carboxylic acids is 1. The minimum atomic E-state index is -0.462. The zero-order valence-electron chi connectivity index (χ0n) is 10.0. The maximum absolute atomic E-state index is 11.7. The molecule has 0 aliphatic carbocycles. The van der Waals surface area contributed by atoms with Gasteiger partial charge in [0, 0.05) is 0 Å². The molecule has 0 radical (unpaired) electrons. The van der Waals surface area contributed by atoms with Crippen molar-refractivity contribution in [2.24, 2.45) is 5.41 Å². The van der Waals surface area contributed by atoms with Crippen LogP contribution in [0.4, 0.5) is 0 Å². The molecule has 0 unspecified atom stereocenters. The molecule has 0 aliphatic rings. The van der Waals surface area contributed by atoms with Gasteiger partial charge in [-0.2, -0.15) is 0 Å². The van der Waals surface area contributed by atoms with Crippen molar-refractivity contribution in [3.63, 3.8) is 0 Å². The molecule has 1 aromatic rings. The minimum absolute atomic E-state index is 0.198. The zero-order valence-corrected chi connectivity index (χ0v) is 10.0. The summed E-state index contributed by atoms with van der Waals surface area (Å²) in [4.78, 5) is 11.7. The smallest absolute Gasteiger partial charge is 0.316 e. The number of esters is 1. The third-order valence-electron chi connectivity index (χ3n) is 2.16. The highest BCUT2D eigenvalue weighted by Gasteiger charge is 2.24. The summed E-state index contributed by atoms with van der Waals surface area (Å²) in [7, 11) is 0. The predicted octanol–water partition coefficient (Wildman–Crippen LogP) is 3.25. The fraction of sp³-hybridized carbons (Fsp3) is 0.462. The Kier molecular flexibility index (Phi) is 3.18. The van der Waals surface area contributed by atoms with Gasteiger partial charge in [-0.1, -0.05) is 12.1 Å². The average Bonchev–Trinajstić information content (AvgIpc) is 2.09. The standard InChI is InChI=1S/C13H18O2/c1-9-6-7-10(2)11(8-9)15-12(14)13(3,4)5/h6-8H,1-5H3. The number of hydrogen-bond acceptors (Lipinski definition) is 2. The van der Waals surface area contributed by atoms with E-state index in [1.165, 1.54) is 0 Å². The number of benzene rings is 1. The van der Waals surface area contributed by atoms with Gasteiger partial charge in [0.1, 0.15) is 5.75 Å². The molecule has 2 heteroatoms. The first-order chi connectivity index (χ1) is 6.80. The van der Waals surface area contributed by atoms with Gasteiger partial charge < -0.3 is 4.74 Å². The Hall–Kier alpha value is -1.31. The highest BCUT2D eigenvalue weighted by atomic mass is 16.5. The van der Waals surface area contributed by atoms with Crippen LogP contribution in [0.3, 0.4) is 0 Å². The molecule has 0 aliphatic heterocycles. The summed E-state index contributed by atoms with van der Waals surface area (Å²) < 4.78 is 5.35. The van der Waals surface area contributed by atoms with Crippen molar-refractivity contribution >= 4 is 5.97 Å². The van der Waals surface area contributed by atoms with Gasteiger partial charge in [0.2, 0.25) is 0 Å². The number of aryl methyl sites for hydroxylation is 2. The summed E-state index contributed by atoms with van der Waals surface area (Å²) in [5.74, 6) is 0.464. The maximum atomic E-state index is 11.7. The van der Waals surface area contributed by atoms with Gasteiger partial charge in [0.15, 0.2) is 0 Å². The van der Waals surface area contributed by atoms with Gasteiger partial charge in [-0.15, -0.1) is 0 Å². The molecule has 1 aromatic carbocycles. The van der Waals surface area contributed by atoms with Crippen molar-refractivity contribution in [1.82, 2.24) is 0 Å². The molecular weight excluding hydrogens is 188 g/mol. The number of rotatable bonds is 1. The van der Waals surface area contributed by atoms with Gasteiger partial charge in [-0.05, 0) is 51.8 Å². The quantitative estimate of drug-likeness (QED) is 0.520. The van der Waals surface area contributed by atoms with Gasteiger partial charge >= 0.3 is 5.97 Å². The number of ether oxygens (including phenoxy) is 1. The lowest BCUT2D eigenvalue weighted by Crippen LogP contribution is -2.25. The third-order valence-corrected chi connectivity index (χ3v) is 2.16. The normalized spacial score (nSPS) is 11.3. The Labute approximate surface area is 91.3 Å². The molecule has 0 spiro atoms. The highest BCUT2D eigenvalue weighted by Crippen LogP contribution is 2.23. The minimum Gasteiger partial charge on any atom is -0.426 e. The van der Waals surface area contributed by atoms with Gasteiger partial charge in [-0.25, -0.2) is 0 Å². The first kappa shape index (κ1) is 11.8. The van der Waals surface area contributed by atoms with Crippen LogP contribution in [0, 0.1) is 19.3 Å². The molecule has 0 bridgehead atoms. The molecule has 0 heterocycles. The third kappa shape index (κ3) is 3.08. The molecule has 82 valence electrons. The highest BCUT2D eigenvalue weighted by molar-refractivity contribution is 5.78. The van der Waals surface area contributed by atoms with E-state index in [0.717, 1.165) is 11.1 Å². The fourth-order valence-electron chi connectivity index (χ4n) is 1.07. The fourth-order valence-corrected chi connectivity index (χ4v) is 1.07. The second kappa shape index (κ2) is 4.05. The Morgan fingerprint density at radius 1 is 1.20 bits per heavy atom. The summed E-state index contributed by atoms with van der Waals surface area (Å²) in [6.45, 7) is 9.46. The summed E-state index contributed by atoms with van der Waals surface area (Å²) in [5, 5.41) is 0. The van der Waals surface area contributed by atoms with E-state index in [-0.39, 0.29) is 5.97 Å². The molecule has 0 saturated carbocycles. The summed E-state index contributed by atoms with van der Waals surface area (Å²) >= 11 is 0. The van der Waals surface area contributed by atoms with Crippen LogP contribution in [-0.4, -0.2) is 5.97 Å². The van der Waals surface area contributed by atoms with E-state index >= 15 is 0 Å². The lowest BCUT2D eigenvalue weighted by Gasteiger charge is -2.17. The van der Waals surface area contributed by atoms with E-state index in [1.807, 2.05) is 52.8 Å². The summed E-state index contributed by atoms with van der Waals surface area (Å²) in [6.07, 6.45) is 0. The van der Waals surface area contributed by atoms with Crippen molar-refractivity contribution in [1.29, 1.82) is 0 Å². The first-order valence-electron chi connectivity index (χ1n) is 5.10. The molecule has 0 N–H and O–H groups in total. The molecule has 0 amide bonds. The molecule has 0 aromatic heterocycles. The molecule has 0 fully saturated rings. The molecule has 0 saturated heterocycles. The maximum Gasteiger partial charge on any atom is 0.316 e. The molecule has 1 rings (SSSR count). The SMILES string of the molecule is Cc1ccc(C)c(OC(=O)C(C)(C)C)c1. The van der Waals surface area contributed by atoms with E-state index in [1.54, 1.807) is 0 Å². The van der Waals surface area contributed by atoms with Crippen molar-refractivity contribution in [2.45, 2.75) is 34.6 Å². The van der Waals surface area contributed by atoms with Crippen molar-refractivity contribution in [3.8, 4) is 5.75 Å². The lowest BCUT2D eigenvalue weighted by molar-refractivity contribution is -0.143. The first-order valence-corrected chi connectivity index (χ1v) is 5.10. The van der Waals surface area contributed by atoms with Crippen LogP contribution >= 0.6 is 0 Å². The van der Waals surface area contributed by atoms with Crippen molar-refractivity contribution < 1.29 is 9.53 Å². The van der Waals surface area contributed by atoms with Crippen molar-refractivity contribution in [2.75, 3.05) is 0 Å². The van der Waals surface area contributed by atoms with Crippen LogP contribution in [-0.2, 0) is 4.79 Å². The van der Waals surface area contributed by atoms with E-state index in [4.69, 9.17) is 4.74 Å². The van der Waals surface area contributed by atoms with Crippen LogP contribution in [0.25, 0.3) is 0 Å². The van der Waals surface area contributed by atoms with Crippen LogP contribution < -0.4 is 4.74 Å². The number of carbonyl (C=O) groups is 1. The Morgan fingerprint density at radius 3 is 2.33 bits per heavy atom. The lowest BCUT2D eigenvalue weighted by atomic mass is 9.97.